The molecule has 0 bridgehead atoms. The summed E-state index contributed by atoms with van der Waals surface area (Å²) in [7, 11) is 1.49. The molecule has 0 radical (unpaired) electrons. The van der Waals surface area contributed by atoms with Crippen LogP contribution < -0.4 is 9.47 Å². The highest BCUT2D eigenvalue weighted by molar-refractivity contribution is 5.43. The summed E-state index contributed by atoms with van der Waals surface area (Å²) in [4.78, 5) is 0. The van der Waals surface area contributed by atoms with Crippen molar-refractivity contribution >= 4 is 0 Å². The molecular weight excluding hydrogens is 261 g/mol. The Balaban J connectivity index is 2.21. The monoisotopic (exact) mass is 276 g/mol. The summed E-state index contributed by atoms with van der Waals surface area (Å²) in [6, 6.07) is 5.05. The maximum Gasteiger partial charge on any atom is 0.414 e. The minimum absolute atomic E-state index is 0.354. The lowest BCUT2D eigenvalue weighted by Crippen LogP contribution is -2.31. The summed E-state index contributed by atoms with van der Waals surface area (Å²) in [5.41, 5.74) is 0.661. The molecule has 0 aliphatic carbocycles. The molecule has 1 aromatic rings. The Morgan fingerprint density at radius 3 is 2.84 bits per heavy atom. The van der Waals surface area contributed by atoms with Gasteiger partial charge in [0.05, 0.1) is 13.7 Å². The smallest absolute Gasteiger partial charge is 0.414 e. The predicted molar refractivity (Wildman–Crippen MR) is 62.5 cm³/mol. The number of halogens is 3. The van der Waals surface area contributed by atoms with Crippen LogP contribution in [0.1, 0.15) is 24.3 Å². The quantitative estimate of drug-likeness (QED) is 0.922. The third-order valence-electron chi connectivity index (χ3n) is 3.27. The molecule has 2 rings (SSSR count). The lowest BCUT2D eigenvalue weighted by Gasteiger charge is -2.28. The fraction of sp³-hybridized carbons (Fsp3) is 0.538. The van der Waals surface area contributed by atoms with E-state index in [0.29, 0.717) is 30.1 Å². The first-order chi connectivity index (χ1) is 8.91. The molecular formula is C13H15F3O3. The Kier molecular flexibility index (Phi) is 3.89. The average Bonchev–Trinajstić information content (AvgIpc) is 2.37. The van der Waals surface area contributed by atoms with Gasteiger partial charge in [0.2, 0.25) is 0 Å². The van der Waals surface area contributed by atoms with Crippen molar-refractivity contribution in [1.82, 2.24) is 0 Å². The topological polar surface area (TPSA) is 38.7 Å². The second-order valence-electron chi connectivity index (χ2n) is 4.53. The van der Waals surface area contributed by atoms with Crippen LogP contribution in [0.4, 0.5) is 13.2 Å². The van der Waals surface area contributed by atoms with E-state index in [1.807, 2.05) is 0 Å². The Morgan fingerprint density at radius 1 is 1.47 bits per heavy atom. The van der Waals surface area contributed by atoms with Gasteiger partial charge in [-0.2, -0.15) is 13.2 Å². The molecule has 3 nitrogen and oxygen atoms in total. The molecule has 0 saturated carbocycles. The first-order valence-electron chi connectivity index (χ1n) is 5.97. The third kappa shape index (κ3) is 3.12. The van der Waals surface area contributed by atoms with E-state index in [-0.39, 0.29) is 12.3 Å². The highest BCUT2D eigenvalue weighted by Crippen LogP contribution is 2.40. The number of benzene rings is 1. The van der Waals surface area contributed by atoms with E-state index in [1.165, 1.54) is 7.11 Å². The number of ether oxygens (including phenoxy) is 2. The molecule has 0 amide bonds. The molecule has 6 heteroatoms. The van der Waals surface area contributed by atoms with Gasteiger partial charge < -0.3 is 14.6 Å². The zero-order valence-corrected chi connectivity index (χ0v) is 10.4. The molecule has 1 aromatic carbocycles. The van der Waals surface area contributed by atoms with Crippen molar-refractivity contribution in [2.24, 2.45) is 0 Å². The van der Waals surface area contributed by atoms with Crippen LogP contribution in [0.2, 0.25) is 0 Å². The van der Waals surface area contributed by atoms with E-state index in [1.54, 1.807) is 18.2 Å². The molecule has 0 aromatic heterocycles. The van der Waals surface area contributed by atoms with Gasteiger partial charge >= 0.3 is 6.18 Å². The van der Waals surface area contributed by atoms with E-state index < -0.39 is 12.3 Å². The largest absolute Gasteiger partial charge is 0.497 e. The van der Waals surface area contributed by atoms with E-state index >= 15 is 0 Å². The first-order valence-corrected chi connectivity index (χ1v) is 5.97. The molecule has 19 heavy (non-hydrogen) atoms. The minimum atomic E-state index is -4.59. The van der Waals surface area contributed by atoms with E-state index in [0.717, 1.165) is 0 Å². The lowest BCUT2D eigenvalue weighted by atomic mass is 9.88. The van der Waals surface area contributed by atoms with Crippen molar-refractivity contribution in [2.45, 2.75) is 31.0 Å². The maximum atomic E-state index is 12.4. The normalized spacial score (nSPS) is 20.4. The minimum Gasteiger partial charge on any atom is -0.497 e. The third-order valence-corrected chi connectivity index (χ3v) is 3.27. The molecule has 0 fully saturated rings. The van der Waals surface area contributed by atoms with Gasteiger partial charge in [-0.25, -0.2) is 0 Å². The van der Waals surface area contributed by atoms with Gasteiger partial charge in [-0.05, 0) is 37.0 Å². The van der Waals surface area contributed by atoms with Crippen molar-refractivity contribution in [3.05, 3.63) is 23.8 Å². The Hall–Kier alpha value is -1.43. The van der Waals surface area contributed by atoms with E-state index in [2.05, 4.69) is 0 Å². The molecule has 0 spiro atoms. The van der Waals surface area contributed by atoms with Crippen molar-refractivity contribution < 1.29 is 27.8 Å². The summed E-state index contributed by atoms with van der Waals surface area (Å²) in [6.07, 6.45) is -6.80. The van der Waals surface area contributed by atoms with Crippen LogP contribution in [0.5, 0.6) is 11.5 Å². The molecule has 1 aliphatic heterocycles. The summed E-state index contributed by atoms with van der Waals surface area (Å²) >= 11 is 0. The molecule has 1 aliphatic rings. The van der Waals surface area contributed by atoms with Gasteiger partial charge in [0, 0.05) is 5.56 Å². The van der Waals surface area contributed by atoms with Crippen molar-refractivity contribution in [3.63, 3.8) is 0 Å². The number of rotatable bonds is 3. The number of aliphatic hydroxyl groups excluding tert-OH is 1. The van der Waals surface area contributed by atoms with Crippen LogP contribution in [-0.4, -0.2) is 31.1 Å². The second-order valence-corrected chi connectivity index (χ2v) is 4.53. The Morgan fingerprint density at radius 2 is 2.21 bits per heavy atom. The summed E-state index contributed by atoms with van der Waals surface area (Å²) in [5, 5.41) is 9.19. The number of methoxy groups -OCH3 is 1. The number of hydrogen-bond donors (Lipinski definition) is 1. The zero-order chi connectivity index (χ0) is 14.0. The number of hydrogen-bond acceptors (Lipinski definition) is 3. The number of aliphatic hydroxyl groups is 1. The van der Waals surface area contributed by atoms with Crippen molar-refractivity contribution in [2.75, 3.05) is 13.7 Å². The molecule has 2 atom stereocenters. The highest BCUT2D eigenvalue weighted by Gasteiger charge is 2.40. The summed E-state index contributed by atoms with van der Waals surface area (Å²) in [5.74, 6) is 0.748. The Bertz CT molecular complexity index is 445. The van der Waals surface area contributed by atoms with Crippen LogP contribution >= 0.6 is 0 Å². The fourth-order valence-electron chi connectivity index (χ4n) is 2.22. The van der Waals surface area contributed by atoms with Crippen LogP contribution in [0, 0.1) is 0 Å². The summed E-state index contributed by atoms with van der Waals surface area (Å²) < 4.78 is 47.7. The summed E-state index contributed by atoms with van der Waals surface area (Å²) in [6.45, 7) is 0.356. The van der Waals surface area contributed by atoms with E-state index in [9.17, 15) is 18.3 Å². The van der Waals surface area contributed by atoms with Gasteiger partial charge in [-0.1, -0.05) is 0 Å². The molecule has 1 heterocycles. The number of fused-ring (bicyclic) bond motifs is 1. The average molecular weight is 276 g/mol. The van der Waals surface area contributed by atoms with Crippen LogP contribution in [-0.2, 0) is 0 Å². The highest BCUT2D eigenvalue weighted by atomic mass is 19.4. The van der Waals surface area contributed by atoms with Crippen molar-refractivity contribution in [3.8, 4) is 11.5 Å². The van der Waals surface area contributed by atoms with Gasteiger partial charge in [0.15, 0.2) is 0 Å². The lowest BCUT2D eigenvalue weighted by molar-refractivity contribution is -0.207. The first kappa shape index (κ1) is 14.0. The van der Waals surface area contributed by atoms with Crippen LogP contribution in [0.15, 0.2) is 18.2 Å². The number of alkyl halides is 3. The SMILES string of the molecule is COc1ccc2c(c1)C(CC(O)C(F)(F)F)CCO2. The zero-order valence-electron chi connectivity index (χ0n) is 10.4. The van der Waals surface area contributed by atoms with Gasteiger partial charge in [-0.15, -0.1) is 0 Å². The molecule has 2 unspecified atom stereocenters. The Labute approximate surface area is 108 Å². The molecule has 0 saturated heterocycles. The van der Waals surface area contributed by atoms with Gasteiger partial charge in [0.25, 0.3) is 0 Å². The van der Waals surface area contributed by atoms with Gasteiger partial charge in [-0.3, -0.25) is 0 Å². The molecule has 1 N–H and O–H groups in total. The van der Waals surface area contributed by atoms with Crippen LogP contribution in [0.25, 0.3) is 0 Å². The fourth-order valence-corrected chi connectivity index (χ4v) is 2.22. The predicted octanol–water partition coefficient (Wildman–Crippen LogP) is 2.87. The maximum absolute atomic E-state index is 12.4. The van der Waals surface area contributed by atoms with Crippen molar-refractivity contribution in [1.29, 1.82) is 0 Å². The second kappa shape index (κ2) is 5.28. The standard InChI is InChI=1S/C13H15F3O3/c1-18-9-2-3-11-10(7-9)8(4-5-19-11)6-12(17)13(14,15)16/h2-3,7-8,12,17H,4-6H2,1H3. The van der Waals surface area contributed by atoms with Crippen LogP contribution in [0.3, 0.4) is 0 Å². The van der Waals surface area contributed by atoms with Gasteiger partial charge in [0.1, 0.15) is 17.6 Å². The van der Waals surface area contributed by atoms with E-state index in [4.69, 9.17) is 9.47 Å². The molecule has 106 valence electrons.